The van der Waals surface area contributed by atoms with Gasteiger partial charge in [0.05, 0.1) is 0 Å². The summed E-state index contributed by atoms with van der Waals surface area (Å²) in [6.45, 7) is 2.97. The summed E-state index contributed by atoms with van der Waals surface area (Å²) in [5.41, 5.74) is 0. The molecule has 0 spiro atoms. The van der Waals surface area contributed by atoms with Gasteiger partial charge in [0.25, 0.3) is 0 Å². The Morgan fingerprint density at radius 1 is 1.30 bits per heavy atom. The number of fused-ring (bicyclic) bond motifs is 2. The van der Waals surface area contributed by atoms with E-state index in [9.17, 15) is 19.2 Å². The lowest BCUT2D eigenvalue weighted by molar-refractivity contribution is -0.144. The van der Waals surface area contributed by atoms with Crippen LogP contribution in [0, 0.1) is 24.7 Å². The Morgan fingerprint density at radius 2 is 2.07 bits per heavy atom. The van der Waals surface area contributed by atoms with Gasteiger partial charge in [0.2, 0.25) is 5.91 Å². The van der Waals surface area contributed by atoms with E-state index in [1.165, 1.54) is 12.5 Å². The van der Waals surface area contributed by atoms with Crippen LogP contribution in [0.15, 0.2) is 10.6 Å². The third kappa shape index (κ3) is 3.00. The number of carbonyl (C=O) groups is 4. The molecular weight excluding hydrogens is 352 g/mol. The van der Waals surface area contributed by atoms with Gasteiger partial charge in [-0.3, -0.25) is 19.3 Å². The molecule has 5 amide bonds. The molecule has 2 heterocycles. The number of nitrogens with zero attached hydrogens (tertiary/aromatic N) is 3. The van der Waals surface area contributed by atoms with Gasteiger partial charge in [0.15, 0.2) is 5.82 Å². The van der Waals surface area contributed by atoms with Crippen LogP contribution in [0.4, 0.5) is 10.6 Å². The molecule has 9 heteroatoms. The lowest BCUT2D eigenvalue weighted by atomic mass is 9.83. The highest BCUT2D eigenvalue weighted by Gasteiger charge is 2.52. The summed E-state index contributed by atoms with van der Waals surface area (Å²) >= 11 is 0. The first kappa shape index (κ1) is 17.7. The molecule has 3 fully saturated rings. The van der Waals surface area contributed by atoms with Crippen molar-refractivity contribution in [1.29, 1.82) is 0 Å². The summed E-state index contributed by atoms with van der Waals surface area (Å²) < 4.78 is 4.85. The zero-order valence-corrected chi connectivity index (χ0v) is 15.3. The van der Waals surface area contributed by atoms with Crippen molar-refractivity contribution in [2.45, 2.75) is 45.6 Å². The zero-order chi connectivity index (χ0) is 19.3. The van der Waals surface area contributed by atoms with Gasteiger partial charge in [-0.1, -0.05) is 11.6 Å². The van der Waals surface area contributed by atoms with E-state index in [1.807, 2.05) is 6.92 Å². The first-order chi connectivity index (χ1) is 12.8. The molecule has 2 bridgehead atoms. The Morgan fingerprint density at radius 3 is 2.67 bits per heavy atom. The van der Waals surface area contributed by atoms with Gasteiger partial charge in [-0.05, 0) is 50.9 Å². The van der Waals surface area contributed by atoms with E-state index in [4.69, 9.17) is 4.52 Å². The molecule has 4 rings (SSSR count). The van der Waals surface area contributed by atoms with E-state index < -0.39 is 30.3 Å². The van der Waals surface area contributed by atoms with E-state index in [0.717, 1.165) is 24.2 Å². The maximum Gasteiger partial charge on any atom is 0.334 e. The fourth-order valence-corrected chi connectivity index (χ4v) is 4.85. The quantitative estimate of drug-likeness (QED) is 0.618. The summed E-state index contributed by atoms with van der Waals surface area (Å²) in [7, 11) is 0. The molecule has 27 heavy (non-hydrogen) atoms. The van der Waals surface area contributed by atoms with Crippen LogP contribution in [-0.4, -0.2) is 51.3 Å². The highest BCUT2D eigenvalue weighted by atomic mass is 16.5. The number of nitrogens with one attached hydrogen (secondary N) is 1. The molecular formula is C18H22N4O5. The third-order valence-corrected chi connectivity index (χ3v) is 6.10. The van der Waals surface area contributed by atoms with Crippen molar-refractivity contribution in [3.05, 3.63) is 11.8 Å². The SMILES string of the molecule is Cc1cc(NC(=O)CN2C(=O)C(=O)N([C@H](C)[C@H]3C[C@H]4CC[C@H]3C4)C2=O)no1. The second-order valence-corrected chi connectivity index (χ2v) is 7.80. The molecule has 4 atom stereocenters. The molecule has 2 saturated carbocycles. The van der Waals surface area contributed by atoms with E-state index in [2.05, 4.69) is 10.5 Å². The lowest BCUT2D eigenvalue weighted by Gasteiger charge is -2.32. The standard InChI is InChI=1S/C18H22N4O5/c1-9-5-14(20-27-9)19-15(23)8-21-16(24)17(25)22(18(21)26)10(2)13-7-11-3-4-12(13)6-11/h5,10-13H,3-4,6-8H2,1-2H3,(H,19,20,23)/t10-,11+,12+,13-/m1/s1. The maximum absolute atomic E-state index is 12.7. The van der Waals surface area contributed by atoms with E-state index >= 15 is 0 Å². The largest absolute Gasteiger partial charge is 0.360 e. The van der Waals surface area contributed by atoms with E-state index in [0.29, 0.717) is 22.5 Å². The van der Waals surface area contributed by atoms with Crippen LogP contribution in [0.3, 0.4) is 0 Å². The summed E-state index contributed by atoms with van der Waals surface area (Å²) in [4.78, 5) is 51.3. The Balaban J connectivity index is 1.44. The van der Waals surface area contributed by atoms with Crippen molar-refractivity contribution < 1.29 is 23.7 Å². The fourth-order valence-electron chi connectivity index (χ4n) is 4.85. The van der Waals surface area contributed by atoms with Crippen LogP contribution < -0.4 is 5.32 Å². The summed E-state index contributed by atoms with van der Waals surface area (Å²) in [5.74, 6) is -0.313. The molecule has 1 saturated heterocycles. The van der Waals surface area contributed by atoms with Crippen LogP contribution in [-0.2, 0) is 14.4 Å². The molecule has 0 unspecified atom stereocenters. The Labute approximate surface area is 156 Å². The minimum atomic E-state index is -0.957. The van der Waals surface area contributed by atoms with Crippen LogP contribution >= 0.6 is 0 Å². The van der Waals surface area contributed by atoms with Crippen molar-refractivity contribution in [2.24, 2.45) is 17.8 Å². The minimum absolute atomic E-state index is 0.190. The zero-order valence-electron chi connectivity index (χ0n) is 15.3. The van der Waals surface area contributed by atoms with Crippen LogP contribution in [0.1, 0.15) is 38.4 Å². The van der Waals surface area contributed by atoms with Crippen LogP contribution in [0.2, 0.25) is 0 Å². The number of urea groups is 1. The predicted molar refractivity (Wildman–Crippen MR) is 92.2 cm³/mol. The predicted octanol–water partition coefficient (Wildman–Crippen LogP) is 1.54. The minimum Gasteiger partial charge on any atom is -0.360 e. The highest BCUT2D eigenvalue weighted by molar-refractivity contribution is 6.45. The Hall–Kier alpha value is -2.71. The number of carbonyl (C=O) groups excluding carboxylic acids is 4. The first-order valence-corrected chi connectivity index (χ1v) is 9.27. The highest BCUT2D eigenvalue weighted by Crippen LogP contribution is 2.50. The molecule has 1 aromatic rings. The molecule has 0 radical (unpaired) electrons. The number of hydrogen-bond acceptors (Lipinski definition) is 6. The van der Waals surface area contributed by atoms with Gasteiger partial charge < -0.3 is 9.84 Å². The van der Waals surface area contributed by atoms with Crippen molar-refractivity contribution >= 4 is 29.6 Å². The summed E-state index contributed by atoms with van der Waals surface area (Å²) in [5, 5.41) is 6.07. The number of imide groups is 2. The van der Waals surface area contributed by atoms with Crippen molar-refractivity contribution in [3.63, 3.8) is 0 Å². The van der Waals surface area contributed by atoms with Gasteiger partial charge >= 0.3 is 17.8 Å². The number of rotatable bonds is 5. The van der Waals surface area contributed by atoms with Gasteiger partial charge in [0, 0.05) is 12.1 Å². The Kier molecular flexibility index (Phi) is 4.24. The molecule has 3 aliphatic rings. The monoisotopic (exact) mass is 374 g/mol. The molecule has 1 N–H and O–H groups in total. The third-order valence-electron chi connectivity index (χ3n) is 6.10. The number of amides is 5. The van der Waals surface area contributed by atoms with Crippen molar-refractivity contribution in [1.82, 2.24) is 15.0 Å². The maximum atomic E-state index is 12.7. The molecule has 9 nitrogen and oxygen atoms in total. The fraction of sp³-hybridized carbons (Fsp3) is 0.611. The topological polar surface area (TPSA) is 113 Å². The molecule has 144 valence electrons. The molecule has 2 aliphatic carbocycles. The summed E-state index contributed by atoms with van der Waals surface area (Å²) in [6.07, 6.45) is 4.46. The van der Waals surface area contributed by atoms with Crippen molar-refractivity contribution in [2.75, 3.05) is 11.9 Å². The van der Waals surface area contributed by atoms with Crippen molar-refractivity contribution in [3.8, 4) is 0 Å². The average Bonchev–Trinajstić information content (AvgIpc) is 3.38. The first-order valence-electron chi connectivity index (χ1n) is 9.27. The summed E-state index contributed by atoms with van der Waals surface area (Å²) in [6, 6.07) is 0.461. The van der Waals surface area contributed by atoms with Gasteiger partial charge in [-0.2, -0.15) is 0 Å². The van der Waals surface area contributed by atoms with Gasteiger partial charge in [-0.15, -0.1) is 0 Å². The van der Waals surface area contributed by atoms with Crippen LogP contribution in [0.5, 0.6) is 0 Å². The molecule has 1 aromatic heterocycles. The van der Waals surface area contributed by atoms with E-state index in [1.54, 1.807) is 6.92 Å². The number of aromatic nitrogens is 1. The van der Waals surface area contributed by atoms with Gasteiger partial charge in [0.1, 0.15) is 12.3 Å². The molecule has 1 aliphatic heterocycles. The number of hydrogen-bond donors (Lipinski definition) is 1. The smallest absolute Gasteiger partial charge is 0.334 e. The van der Waals surface area contributed by atoms with Crippen LogP contribution in [0.25, 0.3) is 0 Å². The normalized spacial score (nSPS) is 28.4. The average molecular weight is 374 g/mol. The number of anilines is 1. The second-order valence-electron chi connectivity index (χ2n) is 7.80. The Bertz CT molecular complexity index is 818. The molecule has 0 aromatic carbocycles. The number of aryl methyl sites for hydroxylation is 1. The van der Waals surface area contributed by atoms with Gasteiger partial charge in [-0.25, -0.2) is 9.69 Å². The van der Waals surface area contributed by atoms with E-state index in [-0.39, 0.29) is 17.8 Å². The lowest BCUT2D eigenvalue weighted by Crippen LogP contribution is -2.45. The second kappa shape index (κ2) is 6.47.